The van der Waals surface area contributed by atoms with Crippen molar-refractivity contribution in [2.45, 2.75) is 26.3 Å². The predicted molar refractivity (Wildman–Crippen MR) is 89.4 cm³/mol. The highest BCUT2D eigenvalue weighted by molar-refractivity contribution is 6.30. The molecule has 22 heavy (non-hydrogen) atoms. The first kappa shape index (κ1) is 16.9. The second kappa shape index (κ2) is 6.75. The number of hydrogen-bond donors (Lipinski definition) is 2. The molecule has 0 saturated carbocycles. The number of nitrogens with two attached hydrogens (primary N) is 1. The average Bonchev–Trinajstić information content (AvgIpc) is 2.47. The molecule has 1 aliphatic rings. The molecule has 0 bridgehead atoms. The van der Waals surface area contributed by atoms with Gasteiger partial charge in [0.15, 0.2) is 0 Å². The van der Waals surface area contributed by atoms with Crippen LogP contribution in [0.1, 0.15) is 20.3 Å². The van der Waals surface area contributed by atoms with Gasteiger partial charge in [0, 0.05) is 24.2 Å². The number of nitrogens with zero attached hydrogens (tertiary/aromatic N) is 1. The Morgan fingerprint density at radius 2 is 2.27 bits per heavy atom. The molecule has 2 rings (SSSR count). The smallest absolute Gasteiger partial charge is 0.241 e. The highest BCUT2D eigenvalue weighted by Gasteiger charge is 2.35. The summed E-state index contributed by atoms with van der Waals surface area (Å²) in [6.07, 6.45) is 0.833. The Bertz CT molecular complexity index is 548. The van der Waals surface area contributed by atoms with Gasteiger partial charge in [-0.05, 0) is 30.0 Å². The number of likely N-dealkylation sites (tertiary alicyclic amines) is 1. The van der Waals surface area contributed by atoms with Crippen molar-refractivity contribution in [2.75, 3.05) is 32.1 Å². The van der Waals surface area contributed by atoms with E-state index in [1.54, 1.807) is 25.3 Å². The van der Waals surface area contributed by atoms with Crippen LogP contribution in [0.15, 0.2) is 18.2 Å². The summed E-state index contributed by atoms with van der Waals surface area (Å²) >= 11 is 5.99. The van der Waals surface area contributed by atoms with Crippen molar-refractivity contribution < 1.29 is 9.53 Å². The van der Waals surface area contributed by atoms with Gasteiger partial charge in [0.2, 0.25) is 5.91 Å². The third-order valence-corrected chi connectivity index (χ3v) is 4.49. The zero-order valence-electron chi connectivity index (χ0n) is 13.4. The van der Waals surface area contributed by atoms with Crippen LogP contribution in [0.25, 0.3) is 0 Å². The summed E-state index contributed by atoms with van der Waals surface area (Å²) in [6.45, 7) is 5.80. The van der Waals surface area contributed by atoms with Crippen molar-refractivity contribution in [3.63, 3.8) is 0 Å². The van der Waals surface area contributed by atoms with E-state index in [-0.39, 0.29) is 23.9 Å². The molecule has 1 amide bonds. The number of anilines is 1. The van der Waals surface area contributed by atoms with Crippen LogP contribution in [0.3, 0.4) is 0 Å². The van der Waals surface area contributed by atoms with E-state index in [0.29, 0.717) is 23.9 Å². The van der Waals surface area contributed by atoms with Crippen LogP contribution in [0.2, 0.25) is 5.02 Å². The fourth-order valence-corrected chi connectivity index (χ4v) is 2.86. The zero-order chi connectivity index (χ0) is 16.3. The SMILES string of the molecule is COc1ccc(Cl)cc1NCC(=O)N1CCC(N)C(C)(C)C1. The van der Waals surface area contributed by atoms with Crippen LogP contribution in [0.5, 0.6) is 5.75 Å². The number of rotatable bonds is 4. The minimum atomic E-state index is -0.0539. The standard InChI is InChI=1S/C16H24ClN3O2/c1-16(2)10-20(7-6-14(16)18)15(21)9-19-12-8-11(17)4-5-13(12)22-3/h4-5,8,14,19H,6-7,9-10,18H2,1-3H3. The maximum atomic E-state index is 12.4. The van der Waals surface area contributed by atoms with Gasteiger partial charge in [-0.3, -0.25) is 4.79 Å². The first-order chi connectivity index (χ1) is 10.3. The number of benzene rings is 1. The van der Waals surface area contributed by atoms with E-state index in [0.717, 1.165) is 12.1 Å². The van der Waals surface area contributed by atoms with Gasteiger partial charge < -0.3 is 20.7 Å². The Labute approximate surface area is 136 Å². The van der Waals surface area contributed by atoms with E-state index < -0.39 is 0 Å². The molecule has 1 aliphatic heterocycles. The molecule has 1 aromatic rings. The van der Waals surface area contributed by atoms with Crippen LogP contribution < -0.4 is 15.8 Å². The highest BCUT2D eigenvalue weighted by Crippen LogP contribution is 2.29. The molecule has 1 saturated heterocycles. The molecule has 0 aromatic heterocycles. The average molecular weight is 326 g/mol. The van der Waals surface area contributed by atoms with E-state index in [2.05, 4.69) is 19.2 Å². The van der Waals surface area contributed by atoms with Crippen molar-refractivity contribution in [2.24, 2.45) is 11.1 Å². The van der Waals surface area contributed by atoms with Crippen molar-refractivity contribution in [3.05, 3.63) is 23.2 Å². The Morgan fingerprint density at radius 1 is 1.55 bits per heavy atom. The summed E-state index contributed by atoms with van der Waals surface area (Å²) < 4.78 is 5.26. The lowest BCUT2D eigenvalue weighted by Gasteiger charge is -2.42. The molecule has 1 atom stereocenters. The lowest BCUT2D eigenvalue weighted by Crippen LogP contribution is -2.54. The molecular formula is C16H24ClN3O2. The van der Waals surface area contributed by atoms with Gasteiger partial charge >= 0.3 is 0 Å². The largest absolute Gasteiger partial charge is 0.495 e. The minimum absolute atomic E-state index is 0.0539. The summed E-state index contributed by atoms with van der Waals surface area (Å²) in [5.74, 6) is 0.722. The number of carbonyl (C=O) groups is 1. The number of halogens is 1. The minimum Gasteiger partial charge on any atom is -0.495 e. The maximum Gasteiger partial charge on any atom is 0.241 e. The van der Waals surface area contributed by atoms with E-state index in [4.69, 9.17) is 22.1 Å². The third-order valence-electron chi connectivity index (χ3n) is 4.26. The summed E-state index contributed by atoms with van der Waals surface area (Å²) in [4.78, 5) is 14.3. The number of amides is 1. The molecule has 1 heterocycles. The summed E-state index contributed by atoms with van der Waals surface area (Å²) in [6, 6.07) is 5.42. The second-order valence-electron chi connectivity index (χ2n) is 6.40. The molecule has 0 spiro atoms. The van der Waals surface area contributed by atoms with Crippen LogP contribution in [-0.2, 0) is 4.79 Å². The molecule has 1 fully saturated rings. The summed E-state index contributed by atoms with van der Waals surface area (Å²) in [5, 5.41) is 3.71. The van der Waals surface area contributed by atoms with Gasteiger partial charge in [0.05, 0.1) is 19.3 Å². The van der Waals surface area contributed by atoms with Crippen molar-refractivity contribution >= 4 is 23.2 Å². The number of ether oxygens (including phenoxy) is 1. The summed E-state index contributed by atoms with van der Waals surface area (Å²) in [5.41, 5.74) is 6.77. The number of methoxy groups -OCH3 is 1. The van der Waals surface area contributed by atoms with Crippen molar-refractivity contribution in [1.29, 1.82) is 0 Å². The maximum absolute atomic E-state index is 12.4. The fraction of sp³-hybridized carbons (Fsp3) is 0.562. The predicted octanol–water partition coefficient (Wildman–Crippen LogP) is 2.35. The number of carbonyl (C=O) groups excluding carboxylic acids is 1. The summed E-state index contributed by atoms with van der Waals surface area (Å²) in [7, 11) is 1.59. The Morgan fingerprint density at radius 3 is 2.91 bits per heavy atom. The van der Waals surface area contributed by atoms with Crippen LogP contribution in [0.4, 0.5) is 5.69 Å². The van der Waals surface area contributed by atoms with E-state index in [1.165, 1.54) is 0 Å². The van der Waals surface area contributed by atoms with Gasteiger partial charge in [-0.1, -0.05) is 25.4 Å². The highest BCUT2D eigenvalue weighted by atomic mass is 35.5. The lowest BCUT2D eigenvalue weighted by atomic mass is 9.79. The molecule has 122 valence electrons. The number of piperidine rings is 1. The normalized spacial score (nSPS) is 20.6. The molecule has 0 aliphatic carbocycles. The Balaban J connectivity index is 1.97. The van der Waals surface area contributed by atoms with E-state index >= 15 is 0 Å². The van der Waals surface area contributed by atoms with E-state index in [1.807, 2.05) is 4.90 Å². The lowest BCUT2D eigenvalue weighted by molar-refractivity contribution is -0.132. The monoisotopic (exact) mass is 325 g/mol. The van der Waals surface area contributed by atoms with Crippen molar-refractivity contribution in [3.8, 4) is 5.75 Å². The molecule has 0 radical (unpaired) electrons. The molecule has 3 N–H and O–H groups in total. The van der Waals surface area contributed by atoms with Gasteiger partial charge in [-0.2, -0.15) is 0 Å². The number of hydrogen-bond acceptors (Lipinski definition) is 4. The van der Waals surface area contributed by atoms with Crippen LogP contribution in [0, 0.1) is 5.41 Å². The van der Waals surface area contributed by atoms with Gasteiger partial charge in [-0.25, -0.2) is 0 Å². The van der Waals surface area contributed by atoms with E-state index in [9.17, 15) is 4.79 Å². The fourth-order valence-electron chi connectivity index (χ4n) is 2.69. The number of nitrogens with one attached hydrogen (secondary N) is 1. The molecule has 6 heteroatoms. The second-order valence-corrected chi connectivity index (χ2v) is 6.83. The Hall–Kier alpha value is -1.46. The topological polar surface area (TPSA) is 67.6 Å². The molecule has 1 aromatic carbocycles. The van der Waals surface area contributed by atoms with Gasteiger partial charge in [0.1, 0.15) is 5.75 Å². The zero-order valence-corrected chi connectivity index (χ0v) is 14.1. The van der Waals surface area contributed by atoms with Crippen LogP contribution in [-0.4, -0.2) is 43.6 Å². The quantitative estimate of drug-likeness (QED) is 0.891. The molecular weight excluding hydrogens is 302 g/mol. The van der Waals surface area contributed by atoms with Crippen LogP contribution >= 0.6 is 11.6 Å². The first-order valence-corrected chi connectivity index (χ1v) is 7.82. The third kappa shape index (κ3) is 3.84. The van der Waals surface area contributed by atoms with Gasteiger partial charge in [0.25, 0.3) is 0 Å². The Kier molecular flexibility index (Phi) is 5.19. The first-order valence-electron chi connectivity index (χ1n) is 7.44. The van der Waals surface area contributed by atoms with Gasteiger partial charge in [-0.15, -0.1) is 0 Å². The molecule has 1 unspecified atom stereocenters. The molecule has 5 nitrogen and oxygen atoms in total. The van der Waals surface area contributed by atoms with Crippen molar-refractivity contribution in [1.82, 2.24) is 4.90 Å².